The Labute approximate surface area is 218 Å². The summed E-state index contributed by atoms with van der Waals surface area (Å²) in [6.45, 7) is 8.71. The van der Waals surface area contributed by atoms with Crippen LogP contribution in [0.4, 0.5) is 5.13 Å². The highest BCUT2D eigenvalue weighted by atomic mass is 32.2. The third-order valence-corrected chi connectivity index (χ3v) is 7.14. The van der Waals surface area contributed by atoms with Crippen molar-refractivity contribution >= 4 is 34.1 Å². The Morgan fingerprint density at radius 3 is 2.64 bits per heavy atom. The van der Waals surface area contributed by atoms with Gasteiger partial charge in [-0.05, 0) is 55.3 Å². The molecule has 4 aromatic rings. The number of carbonyl (C=O) groups is 1. The van der Waals surface area contributed by atoms with Crippen LogP contribution in [0.5, 0.6) is 11.5 Å². The topological polar surface area (TPSA) is 91.2 Å². The minimum Gasteiger partial charge on any atom is -0.497 e. The predicted molar refractivity (Wildman–Crippen MR) is 144 cm³/mol. The number of carbonyl (C=O) groups excluding carboxylic acids is 1. The van der Waals surface area contributed by atoms with Crippen LogP contribution < -0.4 is 14.8 Å². The summed E-state index contributed by atoms with van der Waals surface area (Å²) in [5.41, 5.74) is 4.32. The second kappa shape index (κ2) is 11.9. The van der Waals surface area contributed by atoms with E-state index in [2.05, 4.69) is 53.1 Å². The normalized spacial score (nSPS) is 10.8. The minimum atomic E-state index is -0.162. The van der Waals surface area contributed by atoms with Crippen molar-refractivity contribution in [2.75, 3.05) is 18.2 Å². The largest absolute Gasteiger partial charge is 0.497 e. The number of nitrogens with one attached hydrogen (secondary N) is 1. The maximum atomic E-state index is 12.6. The van der Waals surface area contributed by atoms with Crippen molar-refractivity contribution < 1.29 is 14.3 Å². The zero-order valence-corrected chi connectivity index (χ0v) is 22.0. The Morgan fingerprint density at radius 2 is 1.92 bits per heavy atom. The van der Waals surface area contributed by atoms with E-state index in [9.17, 15) is 4.79 Å². The summed E-state index contributed by atoms with van der Waals surface area (Å²) < 4.78 is 12.9. The van der Waals surface area contributed by atoms with Gasteiger partial charge in [0.2, 0.25) is 5.91 Å². The number of methoxy groups -OCH3 is 1. The SMILES string of the molecule is C=CCn1c(COc2ccc(OC)cc2)nnc1SCC(=O)Nc1nc(-c2ccc(C)c(C)c2)cs1. The van der Waals surface area contributed by atoms with Gasteiger partial charge in [0.15, 0.2) is 16.1 Å². The summed E-state index contributed by atoms with van der Waals surface area (Å²) in [5, 5.41) is 14.5. The van der Waals surface area contributed by atoms with Crippen LogP contribution in [0, 0.1) is 13.8 Å². The third-order valence-electron chi connectivity index (χ3n) is 5.42. The zero-order chi connectivity index (χ0) is 25.5. The maximum Gasteiger partial charge on any atom is 0.236 e. The van der Waals surface area contributed by atoms with Crippen molar-refractivity contribution in [1.29, 1.82) is 0 Å². The molecule has 2 aromatic carbocycles. The van der Waals surface area contributed by atoms with Gasteiger partial charge in [0.1, 0.15) is 18.1 Å². The summed E-state index contributed by atoms with van der Waals surface area (Å²) in [5.74, 6) is 2.11. The lowest BCUT2D eigenvalue weighted by atomic mass is 10.1. The fraction of sp³-hybridized carbons (Fsp3) is 0.231. The quantitative estimate of drug-likeness (QED) is 0.205. The van der Waals surface area contributed by atoms with Gasteiger partial charge < -0.3 is 14.8 Å². The number of aryl methyl sites for hydroxylation is 2. The number of allylic oxidation sites excluding steroid dienone is 1. The number of benzene rings is 2. The van der Waals surface area contributed by atoms with Gasteiger partial charge in [0.05, 0.1) is 18.6 Å². The Morgan fingerprint density at radius 1 is 1.14 bits per heavy atom. The molecular weight excluding hydrogens is 494 g/mol. The van der Waals surface area contributed by atoms with E-state index in [-0.39, 0.29) is 18.3 Å². The van der Waals surface area contributed by atoms with Gasteiger partial charge in [-0.1, -0.05) is 30.0 Å². The molecule has 0 saturated heterocycles. The first-order valence-electron chi connectivity index (χ1n) is 11.2. The number of aromatic nitrogens is 4. The van der Waals surface area contributed by atoms with Crippen molar-refractivity contribution in [3.63, 3.8) is 0 Å². The molecule has 0 bridgehead atoms. The van der Waals surface area contributed by atoms with E-state index in [1.54, 1.807) is 13.2 Å². The molecule has 0 saturated carbocycles. The van der Waals surface area contributed by atoms with Crippen LogP contribution in [0.25, 0.3) is 11.3 Å². The van der Waals surface area contributed by atoms with Crippen LogP contribution >= 0.6 is 23.1 Å². The van der Waals surface area contributed by atoms with Crippen LogP contribution in [0.3, 0.4) is 0 Å². The summed E-state index contributed by atoms with van der Waals surface area (Å²) in [4.78, 5) is 17.2. The molecule has 4 rings (SSSR count). The Balaban J connectivity index is 1.34. The van der Waals surface area contributed by atoms with Gasteiger partial charge in [-0.25, -0.2) is 4.98 Å². The molecule has 36 heavy (non-hydrogen) atoms. The average Bonchev–Trinajstić information content (AvgIpc) is 3.50. The lowest BCUT2D eigenvalue weighted by molar-refractivity contribution is -0.113. The van der Waals surface area contributed by atoms with E-state index in [0.717, 1.165) is 17.0 Å². The molecule has 1 amide bonds. The van der Waals surface area contributed by atoms with Crippen molar-refractivity contribution in [2.45, 2.75) is 32.2 Å². The number of thioether (sulfide) groups is 1. The summed E-state index contributed by atoms with van der Waals surface area (Å²) >= 11 is 2.71. The molecule has 0 spiro atoms. The van der Waals surface area contributed by atoms with Gasteiger partial charge in [-0.15, -0.1) is 28.1 Å². The lowest BCUT2D eigenvalue weighted by Crippen LogP contribution is -2.15. The first-order valence-corrected chi connectivity index (χ1v) is 13.1. The molecule has 0 fully saturated rings. The lowest BCUT2D eigenvalue weighted by Gasteiger charge is -2.09. The minimum absolute atomic E-state index is 0.162. The fourth-order valence-corrected chi connectivity index (χ4v) is 4.82. The molecule has 0 aliphatic rings. The highest BCUT2D eigenvalue weighted by molar-refractivity contribution is 7.99. The number of anilines is 1. The number of thiazole rings is 1. The number of ether oxygens (including phenoxy) is 2. The molecule has 0 aliphatic carbocycles. The molecular formula is C26H27N5O3S2. The zero-order valence-electron chi connectivity index (χ0n) is 20.4. The summed E-state index contributed by atoms with van der Waals surface area (Å²) in [6.07, 6.45) is 1.76. The van der Waals surface area contributed by atoms with E-state index in [4.69, 9.17) is 9.47 Å². The fourth-order valence-electron chi connectivity index (χ4n) is 3.31. The molecule has 8 nitrogen and oxygen atoms in total. The van der Waals surface area contributed by atoms with Crippen LogP contribution in [0.2, 0.25) is 0 Å². The van der Waals surface area contributed by atoms with Gasteiger partial charge in [-0.2, -0.15) is 0 Å². The van der Waals surface area contributed by atoms with E-state index in [0.29, 0.717) is 28.4 Å². The molecule has 0 aliphatic heterocycles. The molecule has 10 heteroatoms. The molecule has 2 aromatic heterocycles. The van der Waals surface area contributed by atoms with Crippen molar-refractivity contribution in [3.05, 3.63) is 77.5 Å². The van der Waals surface area contributed by atoms with Crippen LogP contribution in [0.1, 0.15) is 17.0 Å². The highest BCUT2D eigenvalue weighted by Crippen LogP contribution is 2.27. The van der Waals surface area contributed by atoms with E-state index >= 15 is 0 Å². The van der Waals surface area contributed by atoms with Crippen LogP contribution in [-0.4, -0.2) is 38.5 Å². The number of hydrogen-bond donors (Lipinski definition) is 1. The smallest absolute Gasteiger partial charge is 0.236 e. The van der Waals surface area contributed by atoms with Gasteiger partial charge in [0.25, 0.3) is 0 Å². The molecule has 2 heterocycles. The molecule has 1 N–H and O–H groups in total. The molecule has 0 atom stereocenters. The number of hydrogen-bond acceptors (Lipinski definition) is 8. The second-order valence-corrected chi connectivity index (χ2v) is 9.74. The Kier molecular flexibility index (Phi) is 8.40. The summed E-state index contributed by atoms with van der Waals surface area (Å²) in [6, 6.07) is 13.5. The number of nitrogens with zero attached hydrogens (tertiary/aromatic N) is 4. The Hall–Kier alpha value is -3.63. The first-order chi connectivity index (χ1) is 17.5. The van der Waals surface area contributed by atoms with Crippen molar-refractivity contribution in [2.24, 2.45) is 0 Å². The van der Waals surface area contributed by atoms with E-state index in [1.165, 1.54) is 34.2 Å². The van der Waals surface area contributed by atoms with Crippen molar-refractivity contribution in [1.82, 2.24) is 19.7 Å². The summed E-state index contributed by atoms with van der Waals surface area (Å²) in [7, 11) is 1.62. The Bertz CT molecular complexity index is 1350. The van der Waals surface area contributed by atoms with Crippen LogP contribution in [-0.2, 0) is 17.9 Å². The number of rotatable bonds is 11. The van der Waals surface area contributed by atoms with E-state index in [1.807, 2.05) is 40.3 Å². The van der Waals surface area contributed by atoms with Gasteiger partial charge in [0, 0.05) is 17.5 Å². The second-order valence-electron chi connectivity index (χ2n) is 7.94. The van der Waals surface area contributed by atoms with Gasteiger partial charge >= 0.3 is 0 Å². The van der Waals surface area contributed by atoms with Gasteiger partial charge in [-0.3, -0.25) is 9.36 Å². The van der Waals surface area contributed by atoms with Crippen LogP contribution in [0.15, 0.2) is 65.7 Å². The molecule has 0 unspecified atom stereocenters. The third kappa shape index (κ3) is 6.32. The standard InChI is InChI=1S/C26H27N5O3S2/c1-5-12-31-23(14-34-21-10-8-20(33-4)9-11-21)29-30-26(31)36-16-24(32)28-25-27-22(15-35-25)19-7-6-17(2)18(3)13-19/h5-11,13,15H,1,12,14,16H2,2-4H3,(H,27,28,32). The predicted octanol–water partition coefficient (Wildman–Crippen LogP) is 5.52. The first kappa shape index (κ1) is 25.5. The highest BCUT2D eigenvalue weighted by Gasteiger charge is 2.15. The average molecular weight is 522 g/mol. The number of amides is 1. The van der Waals surface area contributed by atoms with Crippen molar-refractivity contribution in [3.8, 4) is 22.8 Å². The maximum absolute atomic E-state index is 12.6. The molecule has 186 valence electrons. The van der Waals surface area contributed by atoms with E-state index < -0.39 is 0 Å². The molecule has 0 radical (unpaired) electrons. The monoisotopic (exact) mass is 521 g/mol.